The summed E-state index contributed by atoms with van der Waals surface area (Å²) in [7, 11) is -1.61. The minimum atomic E-state index is -3.60. The van der Waals surface area contributed by atoms with E-state index in [2.05, 4.69) is 14.9 Å². The van der Waals surface area contributed by atoms with Gasteiger partial charge in [0.15, 0.2) is 0 Å². The van der Waals surface area contributed by atoms with Gasteiger partial charge in [-0.1, -0.05) is 18.2 Å². The Morgan fingerprint density at radius 2 is 1.96 bits per heavy atom. The summed E-state index contributed by atoms with van der Waals surface area (Å²) >= 11 is 0. The lowest BCUT2D eigenvalue weighted by molar-refractivity contribution is 0.420. The minimum Gasteiger partial charge on any atom is -0.373 e. The van der Waals surface area contributed by atoms with Crippen LogP contribution in [0, 0.1) is 0 Å². The number of rotatable bonds is 2. The van der Waals surface area contributed by atoms with Crippen molar-refractivity contribution in [2.45, 2.75) is 11.4 Å². The Morgan fingerprint density at radius 3 is 2.83 bits per heavy atom. The maximum Gasteiger partial charge on any atom is 0.245 e. The van der Waals surface area contributed by atoms with Gasteiger partial charge in [-0.25, -0.2) is 13.4 Å². The Bertz CT molecular complexity index is 997. The smallest absolute Gasteiger partial charge is 0.245 e. The van der Waals surface area contributed by atoms with Gasteiger partial charge in [-0.2, -0.15) is 4.31 Å². The molecule has 0 spiro atoms. The number of sulfonamides is 1. The molecule has 0 amide bonds. The van der Waals surface area contributed by atoms with Crippen LogP contribution in [0.4, 0.5) is 5.69 Å². The first kappa shape index (κ1) is 15.2. The second-order valence-corrected chi connectivity index (χ2v) is 7.85. The van der Waals surface area contributed by atoms with Crippen LogP contribution in [0.25, 0.3) is 11.0 Å². The zero-order valence-corrected chi connectivity index (χ0v) is 14.1. The number of aromatic amines is 1. The van der Waals surface area contributed by atoms with Crippen molar-refractivity contribution in [2.24, 2.45) is 0 Å². The number of aromatic nitrogens is 2. The fourth-order valence-corrected chi connectivity index (χ4v) is 4.72. The Hall–Kier alpha value is -2.38. The summed E-state index contributed by atoms with van der Waals surface area (Å²) in [6, 6.07) is 11.5. The molecule has 4 rings (SSSR count). The van der Waals surface area contributed by atoms with Crippen LogP contribution < -0.4 is 4.90 Å². The van der Waals surface area contributed by atoms with Crippen molar-refractivity contribution in [2.75, 3.05) is 25.0 Å². The lowest BCUT2D eigenvalue weighted by Crippen LogP contribution is -2.34. The van der Waals surface area contributed by atoms with Crippen molar-refractivity contribution in [3.63, 3.8) is 0 Å². The highest BCUT2D eigenvalue weighted by molar-refractivity contribution is 7.89. The molecule has 0 saturated heterocycles. The first-order valence-electron chi connectivity index (χ1n) is 7.78. The summed E-state index contributed by atoms with van der Waals surface area (Å²) in [6.45, 7) is 1.47. The molecule has 0 unspecified atom stereocenters. The van der Waals surface area contributed by atoms with Crippen LogP contribution in [-0.4, -0.2) is 42.8 Å². The van der Waals surface area contributed by atoms with Crippen LogP contribution in [0.1, 0.15) is 5.56 Å². The molecule has 6 nitrogen and oxygen atoms in total. The SMILES string of the molecule is CN1CCN(S(=O)(=O)c2c[nH]c3ncccc23)Cc2ccccc21. The summed E-state index contributed by atoms with van der Waals surface area (Å²) in [5.41, 5.74) is 2.68. The summed E-state index contributed by atoms with van der Waals surface area (Å²) in [5, 5.41) is 0.628. The molecule has 7 heteroatoms. The number of likely N-dealkylation sites (N-methyl/N-ethyl adjacent to an activating group) is 1. The number of anilines is 1. The monoisotopic (exact) mass is 342 g/mol. The summed E-state index contributed by atoms with van der Waals surface area (Å²) in [4.78, 5) is 9.51. The van der Waals surface area contributed by atoms with Crippen LogP contribution in [-0.2, 0) is 16.6 Å². The van der Waals surface area contributed by atoms with Crippen LogP contribution in [0.3, 0.4) is 0 Å². The maximum absolute atomic E-state index is 13.2. The van der Waals surface area contributed by atoms with Gasteiger partial charge in [-0.15, -0.1) is 0 Å². The van der Waals surface area contributed by atoms with E-state index >= 15 is 0 Å². The highest BCUT2D eigenvalue weighted by atomic mass is 32.2. The summed E-state index contributed by atoms with van der Waals surface area (Å²) in [6.07, 6.45) is 3.18. The van der Waals surface area contributed by atoms with E-state index in [0.717, 1.165) is 11.3 Å². The molecule has 1 N–H and O–H groups in total. The topological polar surface area (TPSA) is 69.3 Å². The van der Waals surface area contributed by atoms with E-state index in [4.69, 9.17) is 0 Å². The molecule has 1 aliphatic heterocycles. The van der Waals surface area contributed by atoms with Gasteiger partial charge in [0, 0.05) is 50.1 Å². The number of nitrogens with one attached hydrogen (secondary N) is 1. The molecule has 2 aromatic heterocycles. The molecule has 0 fully saturated rings. The number of para-hydroxylation sites is 1. The Morgan fingerprint density at radius 1 is 1.12 bits per heavy atom. The van der Waals surface area contributed by atoms with Crippen LogP contribution >= 0.6 is 0 Å². The van der Waals surface area contributed by atoms with E-state index in [0.29, 0.717) is 30.7 Å². The van der Waals surface area contributed by atoms with Crippen molar-refractivity contribution >= 4 is 26.7 Å². The van der Waals surface area contributed by atoms with Gasteiger partial charge in [-0.05, 0) is 23.8 Å². The van der Waals surface area contributed by atoms with Gasteiger partial charge in [0.2, 0.25) is 10.0 Å². The second kappa shape index (κ2) is 5.61. The highest BCUT2D eigenvalue weighted by Crippen LogP contribution is 2.29. The Balaban J connectivity index is 1.78. The summed E-state index contributed by atoms with van der Waals surface area (Å²) in [5.74, 6) is 0. The molecule has 0 radical (unpaired) electrons. The van der Waals surface area contributed by atoms with Crippen LogP contribution in [0.15, 0.2) is 53.7 Å². The number of fused-ring (bicyclic) bond motifs is 2. The quantitative estimate of drug-likeness (QED) is 0.775. The first-order chi connectivity index (χ1) is 11.6. The van der Waals surface area contributed by atoms with Gasteiger partial charge in [-0.3, -0.25) is 0 Å². The molecule has 3 aromatic rings. The number of H-pyrrole nitrogens is 1. The van der Waals surface area contributed by atoms with Crippen molar-refractivity contribution in [3.05, 3.63) is 54.4 Å². The molecule has 24 heavy (non-hydrogen) atoms. The van der Waals surface area contributed by atoms with Crippen molar-refractivity contribution < 1.29 is 8.42 Å². The first-order valence-corrected chi connectivity index (χ1v) is 9.23. The number of hydrogen-bond acceptors (Lipinski definition) is 4. The molecule has 124 valence electrons. The minimum absolute atomic E-state index is 0.285. The lowest BCUT2D eigenvalue weighted by Gasteiger charge is -2.20. The molecule has 3 heterocycles. The Labute approximate surface area is 140 Å². The standard InChI is InChI=1S/C17H18N4O2S/c1-20-9-10-21(12-13-5-2-3-7-15(13)20)24(22,23)16-11-19-17-14(16)6-4-8-18-17/h2-8,11H,9-10,12H2,1H3,(H,18,19). The molecule has 1 aromatic carbocycles. The molecule has 0 bridgehead atoms. The molecular formula is C17H18N4O2S. The third-order valence-electron chi connectivity index (χ3n) is 4.47. The largest absolute Gasteiger partial charge is 0.373 e. The zero-order chi connectivity index (χ0) is 16.7. The van der Waals surface area contributed by atoms with Gasteiger partial charge >= 0.3 is 0 Å². The average Bonchev–Trinajstić information content (AvgIpc) is 2.95. The van der Waals surface area contributed by atoms with Crippen LogP contribution in [0.2, 0.25) is 0 Å². The van der Waals surface area contributed by atoms with Crippen molar-refractivity contribution in [3.8, 4) is 0 Å². The molecular weight excluding hydrogens is 324 g/mol. The van der Waals surface area contributed by atoms with Gasteiger partial charge < -0.3 is 9.88 Å². The van der Waals surface area contributed by atoms with Gasteiger partial charge in [0.05, 0.1) is 0 Å². The third kappa shape index (κ3) is 2.37. The second-order valence-electron chi connectivity index (χ2n) is 5.94. The number of nitrogens with zero attached hydrogens (tertiary/aromatic N) is 3. The normalized spacial score (nSPS) is 16.1. The maximum atomic E-state index is 13.2. The fraction of sp³-hybridized carbons (Fsp3) is 0.235. The van der Waals surface area contributed by atoms with E-state index in [1.54, 1.807) is 22.6 Å². The van der Waals surface area contributed by atoms with E-state index in [1.807, 2.05) is 31.3 Å². The van der Waals surface area contributed by atoms with Gasteiger partial charge in [0.1, 0.15) is 10.5 Å². The number of benzene rings is 1. The van der Waals surface area contributed by atoms with Crippen molar-refractivity contribution in [1.82, 2.24) is 14.3 Å². The van der Waals surface area contributed by atoms with E-state index < -0.39 is 10.0 Å². The highest BCUT2D eigenvalue weighted by Gasteiger charge is 2.30. The molecule has 0 aliphatic carbocycles. The third-order valence-corrected chi connectivity index (χ3v) is 6.35. The molecule has 1 aliphatic rings. The van der Waals surface area contributed by atoms with E-state index in [1.165, 1.54) is 6.20 Å². The number of pyridine rings is 1. The molecule has 0 atom stereocenters. The molecule has 0 saturated carbocycles. The number of hydrogen-bond donors (Lipinski definition) is 1. The lowest BCUT2D eigenvalue weighted by atomic mass is 10.1. The predicted octanol–water partition coefficient (Wildman–Crippen LogP) is 2.20. The Kier molecular flexibility index (Phi) is 3.54. The fourth-order valence-electron chi connectivity index (χ4n) is 3.16. The van der Waals surface area contributed by atoms with Crippen molar-refractivity contribution in [1.29, 1.82) is 0 Å². The average molecular weight is 342 g/mol. The van der Waals surface area contributed by atoms with E-state index in [-0.39, 0.29) is 4.90 Å². The predicted molar refractivity (Wildman–Crippen MR) is 93.4 cm³/mol. The van der Waals surface area contributed by atoms with E-state index in [9.17, 15) is 8.42 Å². The van der Waals surface area contributed by atoms with Gasteiger partial charge in [0.25, 0.3) is 0 Å². The van der Waals surface area contributed by atoms with Crippen LogP contribution in [0.5, 0.6) is 0 Å². The summed E-state index contributed by atoms with van der Waals surface area (Å²) < 4.78 is 27.9. The zero-order valence-electron chi connectivity index (χ0n) is 13.3.